The monoisotopic (exact) mass is 168 g/mol. The van der Waals surface area contributed by atoms with E-state index in [2.05, 4.69) is 16.5 Å². The minimum Gasteiger partial charge on any atom is -0.385 e. The fourth-order valence-corrected chi connectivity index (χ4v) is 1.24. The van der Waals surface area contributed by atoms with Crippen LogP contribution in [0.3, 0.4) is 0 Å². The molecule has 0 radical (unpaired) electrons. The molecule has 1 aromatic rings. The first-order chi connectivity index (χ1) is 5.88. The number of aryl methyl sites for hydroxylation is 2. The van der Waals surface area contributed by atoms with Crippen LogP contribution in [-0.2, 0) is 17.7 Å². The normalized spacial score (nSPS) is 10.5. The summed E-state index contributed by atoms with van der Waals surface area (Å²) in [7, 11) is 1.73. The number of rotatable bonds is 5. The largest absolute Gasteiger partial charge is 0.385 e. The molecule has 0 aliphatic heterocycles. The molecule has 1 rings (SSSR count). The maximum absolute atomic E-state index is 4.98. The molecule has 1 aromatic heterocycles. The van der Waals surface area contributed by atoms with Gasteiger partial charge in [0.15, 0.2) is 0 Å². The van der Waals surface area contributed by atoms with Crippen molar-refractivity contribution in [2.75, 3.05) is 13.7 Å². The average Bonchev–Trinajstić information content (AvgIpc) is 2.52. The second-order valence-corrected chi connectivity index (χ2v) is 2.74. The Morgan fingerprint density at radius 1 is 1.58 bits per heavy atom. The standard InChI is InChI=1S/C9H16N2O/c1-3-9-10-5-7-11(9)6-4-8-12-2/h5,7H,3-4,6,8H2,1-2H3. The predicted octanol–water partition coefficient (Wildman–Crippen LogP) is 1.48. The van der Waals surface area contributed by atoms with Crippen molar-refractivity contribution in [1.82, 2.24) is 9.55 Å². The highest BCUT2D eigenvalue weighted by atomic mass is 16.5. The molecule has 0 aliphatic carbocycles. The van der Waals surface area contributed by atoms with Crippen LogP contribution in [0.2, 0.25) is 0 Å². The summed E-state index contributed by atoms with van der Waals surface area (Å²) in [5.41, 5.74) is 0. The minimum absolute atomic E-state index is 0.821. The molecule has 3 nitrogen and oxygen atoms in total. The highest BCUT2D eigenvalue weighted by Gasteiger charge is 1.98. The molecular weight excluding hydrogens is 152 g/mol. The molecule has 0 spiro atoms. The Labute approximate surface area is 73.4 Å². The molecule has 68 valence electrons. The summed E-state index contributed by atoms with van der Waals surface area (Å²) >= 11 is 0. The molecule has 0 amide bonds. The van der Waals surface area contributed by atoms with Crippen molar-refractivity contribution < 1.29 is 4.74 Å². The van der Waals surface area contributed by atoms with Crippen LogP contribution in [0.4, 0.5) is 0 Å². The summed E-state index contributed by atoms with van der Waals surface area (Å²) in [5, 5.41) is 0. The SMILES string of the molecule is CCc1nccn1CCCOC. The van der Waals surface area contributed by atoms with Crippen LogP contribution in [-0.4, -0.2) is 23.3 Å². The third-order valence-corrected chi connectivity index (χ3v) is 1.87. The molecule has 0 fully saturated rings. The van der Waals surface area contributed by atoms with Crippen LogP contribution in [0.15, 0.2) is 12.4 Å². The Morgan fingerprint density at radius 2 is 2.42 bits per heavy atom. The summed E-state index contributed by atoms with van der Waals surface area (Å²) in [4.78, 5) is 4.24. The molecule has 0 atom stereocenters. The van der Waals surface area contributed by atoms with Crippen LogP contribution in [0.5, 0.6) is 0 Å². The van der Waals surface area contributed by atoms with Crippen molar-refractivity contribution in [2.45, 2.75) is 26.3 Å². The Balaban J connectivity index is 2.39. The van der Waals surface area contributed by atoms with Crippen LogP contribution >= 0.6 is 0 Å². The lowest BCUT2D eigenvalue weighted by molar-refractivity contribution is 0.190. The van der Waals surface area contributed by atoms with Crippen molar-refractivity contribution >= 4 is 0 Å². The average molecular weight is 168 g/mol. The molecular formula is C9H16N2O. The maximum atomic E-state index is 4.98. The van der Waals surface area contributed by atoms with Gasteiger partial charge >= 0.3 is 0 Å². The van der Waals surface area contributed by atoms with E-state index in [1.807, 2.05) is 12.4 Å². The van der Waals surface area contributed by atoms with E-state index in [0.717, 1.165) is 31.8 Å². The first-order valence-electron chi connectivity index (χ1n) is 4.37. The van der Waals surface area contributed by atoms with Gasteiger partial charge in [-0.25, -0.2) is 4.98 Å². The van der Waals surface area contributed by atoms with Gasteiger partial charge in [-0.3, -0.25) is 0 Å². The second-order valence-electron chi connectivity index (χ2n) is 2.74. The van der Waals surface area contributed by atoms with Gasteiger partial charge in [0.1, 0.15) is 5.82 Å². The van der Waals surface area contributed by atoms with E-state index < -0.39 is 0 Å². The number of hydrogen-bond donors (Lipinski definition) is 0. The van der Waals surface area contributed by atoms with Crippen LogP contribution in [0.25, 0.3) is 0 Å². The van der Waals surface area contributed by atoms with E-state index in [1.165, 1.54) is 0 Å². The van der Waals surface area contributed by atoms with E-state index in [-0.39, 0.29) is 0 Å². The second kappa shape index (κ2) is 4.93. The van der Waals surface area contributed by atoms with Crippen LogP contribution in [0.1, 0.15) is 19.2 Å². The van der Waals surface area contributed by atoms with Gasteiger partial charge in [-0.15, -0.1) is 0 Å². The number of methoxy groups -OCH3 is 1. The number of hydrogen-bond acceptors (Lipinski definition) is 2. The van der Waals surface area contributed by atoms with Crippen LogP contribution < -0.4 is 0 Å². The molecule has 12 heavy (non-hydrogen) atoms. The first kappa shape index (κ1) is 9.26. The molecule has 0 saturated carbocycles. The molecule has 0 unspecified atom stereocenters. The lowest BCUT2D eigenvalue weighted by Crippen LogP contribution is -2.04. The van der Waals surface area contributed by atoms with E-state index in [4.69, 9.17) is 4.74 Å². The minimum atomic E-state index is 0.821. The summed E-state index contributed by atoms with van der Waals surface area (Å²) in [6.45, 7) is 3.95. The Hall–Kier alpha value is -0.830. The fourth-order valence-electron chi connectivity index (χ4n) is 1.24. The smallest absolute Gasteiger partial charge is 0.108 e. The highest BCUT2D eigenvalue weighted by molar-refractivity contribution is 4.91. The van der Waals surface area contributed by atoms with Gasteiger partial charge < -0.3 is 9.30 Å². The lowest BCUT2D eigenvalue weighted by Gasteiger charge is -2.04. The molecule has 0 aromatic carbocycles. The molecule has 0 aliphatic rings. The summed E-state index contributed by atoms with van der Waals surface area (Å²) in [5.74, 6) is 1.16. The van der Waals surface area contributed by atoms with Crippen molar-refractivity contribution in [3.63, 3.8) is 0 Å². The summed E-state index contributed by atoms with van der Waals surface area (Å²) in [6.07, 6.45) is 5.93. The van der Waals surface area contributed by atoms with Crippen molar-refractivity contribution in [1.29, 1.82) is 0 Å². The maximum Gasteiger partial charge on any atom is 0.108 e. The van der Waals surface area contributed by atoms with E-state index in [9.17, 15) is 0 Å². The van der Waals surface area contributed by atoms with E-state index in [0.29, 0.717) is 0 Å². The zero-order valence-corrected chi connectivity index (χ0v) is 7.79. The van der Waals surface area contributed by atoms with Gasteiger partial charge in [0.25, 0.3) is 0 Å². The third kappa shape index (κ3) is 2.34. The quantitative estimate of drug-likeness (QED) is 0.623. The van der Waals surface area contributed by atoms with Crippen molar-refractivity contribution in [2.24, 2.45) is 0 Å². The zero-order chi connectivity index (χ0) is 8.81. The molecule has 0 bridgehead atoms. The topological polar surface area (TPSA) is 27.1 Å². The summed E-state index contributed by atoms with van der Waals surface area (Å²) < 4.78 is 7.16. The third-order valence-electron chi connectivity index (χ3n) is 1.87. The molecule has 0 saturated heterocycles. The molecule has 0 N–H and O–H groups in total. The Morgan fingerprint density at radius 3 is 3.08 bits per heavy atom. The van der Waals surface area contributed by atoms with E-state index in [1.54, 1.807) is 7.11 Å². The zero-order valence-electron chi connectivity index (χ0n) is 7.79. The Kier molecular flexibility index (Phi) is 3.80. The first-order valence-corrected chi connectivity index (χ1v) is 4.37. The number of nitrogens with zero attached hydrogens (tertiary/aromatic N) is 2. The molecule has 3 heteroatoms. The van der Waals surface area contributed by atoms with Crippen molar-refractivity contribution in [3.8, 4) is 0 Å². The van der Waals surface area contributed by atoms with Crippen LogP contribution in [0, 0.1) is 0 Å². The lowest BCUT2D eigenvalue weighted by atomic mass is 10.4. The van der Waals surface area contributed by atoms with E-state index >= 15 is 0 Å². The van der Waals surface area contributed by atoms with Gasteiger partial charge in [0.05, 0.1) is 0 Å². The van der Waals surface area contributed by atoms with Gasteiger partial charge in [-0.1, -0.05) is 6.92 Å². The predicted molar refractivity (Wildman–Crippen MR) is 48.1 cm³/mol. The fraction of sp³-hybridized carbons (Fsp3) is 0.667. The van der Waals surface area contributed by atoms with Crippen molar-refractivity contribution in [3.05, 3.63) is 18.2 Å². The summed E-state index contributed by atoms with van der Waals surface area (Å²) in [6, 6.07) is 0. The van der Waals surface area contributed by atoms with Gasteiger partial charge in [0.2, 0.25) is 0 Å². The van der Waals surface area contributed by atoms with Gasteiger partial charge in [0, 0.05) is 39.1 Å². The highest BCUT2D eigenvalue weighted by Crippen LogP contribution is 1.99. The van der Waals surface area contributed by atoms with Gasteiger partial charge in [-0.05, 0) is 6.42 Å². The number of imidazole rings is 1. The number of aromatic nitrogens is 2. The number of ether oxygens (including phenoxy) is 1. The molecule has 1 heterocycles. The Bertz CT molecular complexity index is 220. The van der Waals surface area contributed by atoms with Gasteiger partial charge in [-0.2, -0.15) is 0 Å².